The first-order valence-electron chi connectivity index (χ1n) is 10.4. The number of primary amides is 1. The zero-order chi connectivity index (χ0) is 19.7. The highest BCUT2D eigenvalue weighted by atomic mass is 32.1. The third-order valence-corrected chi connectivity index (χ3v) is 8.56. The fraction of sp³-hybridized carbons (Fsp3) is 0.591. The second-order valence-electron chi connectivity index (χ2n) is 8.92. The Labute approximate surface area is 169 Å². The van der Waals surface area contributed by atoms with Gasteiger partial charge in [-0.1, -0.05) is 17.6 Å². The first kappa shape index (κ1) is 18.1. The molecule has 6 heteroatoms. The maximum atomic E-state index is 13.4. The lowest BCUT2D eigenvalue weighted by Crippen LogP contribution is -2.34. The summed E-state index contributed by atoms with van der Waals surface area (Å²) >= 11 is 1.45. The molecule has 5 rings (SSSR count). The molecule has 148 valence electrons. The smallest absolute Gasteiger partial charge is 0.252 e. The van der Waals surface area contributed by atoms with E-state index in [0.717, 1.165) is 55.4 Å². The Bertz CT molecular complexity index is 908. The van der Waals surface area contributed by atoms with Gasteiger partial charge in [-0.2, -0.15) is 0 Å². The van der Waals surface area contributed by atoms with E-state index in [-0.39, 0.29) is 35.5 Å². The highest BCUT2D eigenvalue weighted by Gasteiger charge is 2.64. The van der Waals surface area contributed by atoms with E-state index >= 15 is 0 Å². The summed E-state index contributed by atoms with van der Waals surface area (Å²) in [6, 6.07) is 0. The lowest BCUT2D eigenvalue weighted by molar-refractivity contribution is -0.122. The third kappa shape index (κ3) is 2.27. The van der Waals surface area contributed by atoms with Crippen LogP contribution >= 0.6 is 11.3 Å². The van der Waals surface area contributed by atoms with E-state index in [1.807, 2.05) is 0 Å². The Kier molecular flexibility index (Phi) is 4.06. The normalized spacial score (nSPS) is 31.2. The van der Waals surface area contributed by atoms with Crippen molar-refractivity contribution in [3.05, 3.63) is 27.2 Å². The van der Waals surface area contributed by atoms with Gasteiger partial charge in [-0.25, -0.2) is 4.90 Å². The monoisotopic (exact) mass is 398 g/mol. The summed E-state index contributed by atoms with van der Waals surface area (Å²) in [5.74, 6) is -0.857. The van der Waals surface area contributed by atoms with Crippen molar-refractivity contribution in [3.8, 4) is 0 Å². The average Bonchev–Trinajstić information content (AvgIpc) is 3.32. The largest absolute Gasteiger partial charge is 0.365 e. The number of carbonyl (C=O) groups excluding carboxylic acids is 3. The molecule has 3 aliphatic carbocycles. The van der Waals surface area contributed by atoms with Crippen LogP contribution in [0, 0.1) is 23.7 Å². The summed E-state index contributed by atoms with van der Waals surface area (Å²) in [5.41, 5.74) is 9.76. The highest BCUT2D eigenvalue weighted by molar-refractivity contribution is 7.17. The molecule has 3 fully saturated rings. The van der Waals surface area contributed by atoms with Gasteiger partial charge in [0.25, 0.3) is 5.91 Å². The maximum Gasteiger partial charge on any atom is 0.252 e. The SMILES string of the molecule is CC(C)=C1[C@H]2CC[C@H]1[C@@H]1C(=O)N(c3sc4c(c3C(N)=O)CCCCC4)C(=O)[C@H]12. The van der Waals surface area contributed by atoms with Gasteiger partial charge in [-0.3, -0.25) is 14.4 Å². The molecule has 0 spiro atoms. The molecule has 0 unspecified atom stereocenters. The second-order valence-corrected chi connectivity index (χ2v) is 10.0. The Balaban J connectivity index is 1.60. The molecule has 4 aliphatic rings. The number of hydrogen-bond donors (Lipinski definition) is 1. The van der Waals surface area contributed by atoms with Crippen molar-refractivity contribution < 1.29 is 14.4 Å². The second kappa shape index (κ2) is 6.28. The van der Waals surface area contributed by atoms with E-state index in [2.05, 4.69) is 13.8 Å². The summed E-state index contributed by atoms with van der Waals surface area (Å²) in [6.45, 7) is 4.19. The van der Waals surface area contributed by atoms with Crippen molar-refractivity contribution in [2.75, 3.05) is 4.90 Å². The van der Waals surface area contributed by atoms with Gasteiger partial charge in [-0.15, -0.1) is 11.3 Å². The fourth-order valence-corrected chi connectivity index (χ4v) is 7.74. The number of nitrogens with zero attached hydrogens (tertiary/aromatic N) is 1. The number of imide groups is 1. The van der Waals surface area contributed by atoms with Gasteiger partial charge in [0.15, 0.2) is 0 Å². The van der Waals surface area contributed by atoms with Crippen LogP contribution in [0.1, 0.15) is 66.8 Å². The maximum absolute atomic E-state index is 13.4. The van der Waals surface area contributed by atoms with Crippen molar-refractivity contribution in [1.82, 2.24) is 0 Å². The Morgan fingerprint density at radius 3 is 2.18 bits per heavy atom. The first-order valence-corrected chi connectivity index (χ1v) is 11.2. The molecule has 0 radical (unpaired) electrons. The quantitative estimate of drug-likeness (QED) is 0.470. The molecule has 28 heavy (non-hydrogen) atoms. The van der Waals surface area contributed by atoms with Crippen LogP contribution in [0.5, 0.6) is 0 Å². The fourth-order valence-electron chi connectivity index (χ4n) is 6.33. The van der Waals surface area contributed by atoms with Crippen molar-refractivity contribution >= 4 is 34.1 Å². The lowest BCUT2D eigenvalue weighted by atomic mass is 9.81. The molecule has 5 nitrogen and oxygen atoms in total. The lowest BCUT2D eigenvalue weighted by Gasteiger charge is -2.19. The Morgan fingerprint density at radius 2 is 1.61 bits per heavy atom. The Morgan fingerprint density at radius 1 is 1.00 bits per heavy atom. The number of nitrogens with two attached hydrogens (primary N) is 1. The average molecular weight is 399 g/mol. The standard InChI is InChI=1S/C22H26N2O3S/c1-10(2)15-12-8-9-13(15)17-16(12)20(26)24(21(17)27)22-18(19(23)25)11-6-4-3-5-7-14(11)28-22/h12-13,16-17H,3-9H2,1-2H3,(H2,23,25)/t12-,13-,16+,17+/m1/s1. The van der Waals surface area contributed by atoms with Crippen LogP contribution in [0.4, 0.5) is 5.00 Å². The molecule has 1 aromatic rings. The number of anilines is 1. The summed E-state index contributed by atoms with van der Waals surface area (Å²) < 4.78 is 0. The van der Waals surface area contributed by atoms with Gasteiger partial charge >= 0.3 is 0 Å². The van der Waals surface area contributed by atoms with E-state index in [1.165, 1.54) is 27.4 Å². The number of amides is 3. The van der Waals surface area contributed by atoms with Gasteiger partial charge in [0.2, 0.25) is 11.8 Å². The van der Waals surface area contributed by atoms with Crippen molar-refractivity contribution in [3.63, 3.8) is 0 Å². The summed E-state index contributed by atoms with van der Waals surface area (Å²) in [4.78, 5) is 41.7. The van der Waals surface area contributed by atoms with Crippen LogP contribution in [0.2, 0.25) is 0 Å². The topological polar surface area (TPSA) is 80.5 Å². The zero-order valence-electron chi connectivity index (χ0n) is 16.4. The minimum Gasteiger partial charge on any atom is -0.365 e. The molecule has 1 aliphatic heterocycles. The van der Waals surface area contributed by atoms with Crippen LogP contribution < -0.4 is 10.6 Å². The van der Waals surface area contributed by atoms with Crippen molar-refractivity contribution in [2.45, 2.75) is 58.8 Å². The number of hydrogen-bond acceptors (Lipinski definition) is 4. The number of fused-ring (bicyclic) bond motifs is 6. The van der Waals surface area contributed by atoms with Gasteiger partial charge in [-0.05, 0) is 69.8 Å². The number of thiophene rings is 1. The predicted octanol–water partition coefficient (Wildman–Crippen LogP) is 3.60. The van der Waals surface area contributed by atoms with Crippen LogP contribution in [0.25, 0.3) is 0 Å². The summed E-state index contributed by atoms with van der Waals surface area (Å²) in [6.07, 6.45) is 6.91. The molecular formula is C22H26N2O3S. The molecule has 1 saturated heterocycles. The highest BCUT2D eigenvalue weighted by Crippen LogP contribution is 2.61. The molecular weight excluding hydrogens is 372 g/mol. The van der Waals surface area contributed by atoms with E-state index in [1.54, 1.807) is 0 Å². The number of aryl methyl sites for hydroxylation is 1. The van der Waals surface area contributed by atoms with E-state index < -0.39 is 5.91 Å². The van der Waals surface area contributed by atoms with Crippen LogP contribution in [-0.2, 0) is 22.4 Å². The van der Waals surface area contributed by atoms with E-state index in [0.29, 0.717) is 10.6 Å². The molecule has 1 aromatic heterocycles. The van der Waals surface area contributed by atoms with Gasteiger partial charge < -0.3 is 5.73 Å². The van der Waals surface area contributed by atoms with Crippen molar-refractivity contribution in [2.24, 2.45) is 29.4 Å². The Hall–Kier alpha value is -1.95. The summed E-state index contributed by atoms with van der Waals surface area (Å²) in [5, 5.41) is 0.502. The number of rotatable bonds is 2. The zero-order valence-corrected chi connectivity index (χ0v) is 17.2. The van der Waals surface area contributed by atoms with Crippen molar-refractivity contribution in [1.29, 1.82) is 0 Å². The third-order valence-electron chi connectivity index (χ3n) is 7.28. The molecule has 2 saturated carbocycles. The molecule has 2 N–H and O–H groups in total. The molecule has 3 amide bonds. The molecule has 2 heterocycles. The van der Waals surface area contributed by atoms with Crippen LogP contribution in [0.3, 0.4) is 0 Å². The molecule has 0 aromatic carbocycles. The van der Waals surface area contributed by atoms with Gasteiger partial charge in [0, 0.05) is 4.88 Å². The first-order chi connectivity index (χ1) is 13.4. The number of allylic oxidation sites excluding steroid dienone is 2. The number of carbonyl (C=O) groups is 3. The van der Waals surface area contributed by atoms with E-state index in [9.17, 15) is 14.4 Å². The minimum atomic E-state index is -0.514. The molecule has 4 atom stereocenters. The van der Waals surface area contributed by atoms with Gasteiger partial charge in [0.05, 0.1) is 17.4 Å². The van der Waals surface area contributed by atoms with E-state index in [4.69, 9.17) is 5.73 Å². The van der Waals surface area contributed by atoms with Crippen LogP contribution in [-0.4, -0.2) is 17.7 Å². The van der Waals surface area contributed by atoms with Crippen LogP contribution in [0.15, 0.2) is 11.1 Å². The molecule has 2 bridgehead atoms. The minimum absolute atomic E-state index is 0.111. The summed E-state index contributed by atoms with van der Waals surface area (Å²) in [7, 11) is 0. The predicted molar refractivity (Wildman–Crippen MR) is 108 cm³/mol. The van der Waals surface area contributed by atoms with Gasteiger partial charge in [0.1, 0.15) is 5.00 Å².